The Morgan fingerprint density at radius 2 is 1.37 bits per heavy atom. The van der Waals surface area contributed by atoms with E-state index in [-0.39, 0.29) is 111 Å². The number of nitrogens with one attached hydrogen (secondary N) is 2. The van der Waals surface area contributed by atoms with E-state index < -0.39 is 72.6 Å². The number of phosphoric acid groups is 1. The zero-order valence-corrected chi connectivity index (χ0v) is 46.1. The fourth-order valence-corrected chi connectivity index (χ4v) is 10.1. The number of hydrogen-bond donors (Lipinski definition) is 2. The third kappa shape index (κ3) is 17.2. The molecule has 1 saturated heterocycles. The molecule has 5 aromatic rings. The van der Waals surface area contributed by atoms with Crippen LogP contribution in [-0.4, -0.2) is 96.4 Å². The van der Waals surface area contributed by atoms with Crippen molar-refractivity contribution in [3.63, 3.8) is 0 Å². The second kappa shape index (κ2) is 29.3. The summed E-state index contributed by atoms with van der Waals surface area (Å²) < 4.78 is 99.7. The largest absolute Gasteiger partial charge is 0.511 e. The van der Waals surface area contributed by atoms with E-state index in [4.69, 9.17) is 69.9 Å². The number of nitriles is 1. The first kappa shape index (κ1) is 61.2. The number of hydrogen-bond acceptors (Lipinski definition) is 16. The van der Waals surface area contributed by atoms with Crippen molar-refractivity contribution in [2.75, 3.05) is 65.3 Å². The Bertz CT molecular complexity index is 2830. The van der Waals surface area contributed by atoms with Gasteiger partial charge in [0.15, 0.2) is 0 Å². The van der Waals surface area contributed by atoms with Gasteiger partial charge in [-0.2, -0.15) is 5.26 Å². The van der Waals surface area contributed by atoms with Gasteiger partial charge in [-0.25, -0.2) is 22.9 Å². The molecule has 78 heavy (non-hydrogen) atoms. The van der Waals surface area contributed by atoms with Crippen molar-refractivity contribution in [1.29, 1.82) is 5.26 Å². The molecule has 1 amide bonds. The van der Waals surface area contributed by atoms with Crippen molar-refractivity contribution in [2.24, 2.45) is 5.41 Å². The molecule has 2 N–H and O–H groups in total. The van der Waals surface area contributed by atoms with E-state index in [2.05, 4.69) is 16.7 Å². The van der Waals surface area contributed by atoms with E-state index in [0.717, 1.165) is 17.2 Å². The molecule has 0 saturated carbocycles. The van der Waals surface area contributed by atoms with Crippen molar-refractivity contribution >= 4 is 54.7 Å². The Kier molecular flexibility index (Phi) is 23.0. The lowest BCUT2D eigenvalue weighted by Crippen LogP contribution is -2.45. The molecule has 1 unspecified atom stereocenters. The topological polar surface area (TPSA) is 208 Å². The molecule has 5 aromatic carbocycles. The third-order valence-corrected chi connectivity index (χ3v) is 14.0. The first-order chi connectivity index (χ1) is 37.4. The number of anilines is 1. The van der Waals surface area contributed by atoms with Crippen LogP contribution in [0, 0.1) is 28.4 Å². The summed E-state index contributed by atoms with van der Waals surface area (Å²) in [6.45, 7) is 7.85. The maximum Gasteiger partial charge on any atom is 0.511 e. The van der Waals surface area contributed by atoms with Crippen molar-refractivity contribution in [2.45, 2.75) is 77.0 Å². The fraction of sp³-hybridized carbons (Fsp3) is 0.393. The molecule has 22 heteroatoms. The Hall–Kier alpha value is -6.01. The minimum absolute atomic E-state index is 0.00838. The molecule has 0 spiro atoms. The summed E-state index contributed by atoms with van der Waals surface area (Å²) in [4.78, 5) is 40.1. The number of ether oxygens (including phenoxy) is 7. The molecular weight excluding hydrogens is 1080 g/mol. The zero-order chi connectivity index (χ0) is 56.3. The summed E-state index contributed by atoms with van der Waals surface area (Å²) in [6, 6.07) is 30.6. The van der Waals surface area contributed by atoms with E-state index in [1.54, 1.807) is 0 Å². The molecule has 6 rings (SSSR count). The number of benzene rings is 5. The van der Waals surface area contributed by atoms with E-state index in [0.29, 0.717) is 0 Å². The second-order valence-corrected chi connectivity index (χ2v) is 21.4. The van der Waals surface area contributed by atoms with Crippen LogP contribution in [-0.2, 0) is 70.0 Å². The number of phosphoric ester groups is 1. The lowest BCUT2D eigenvalue weighted by atomic mass is 9.62. The molecule has 1 aliphatic rings. The van der Waals surface area contributed by atoms with Gasteiger partial charge < -0.3 is 43.8 Å². The maximum atomic E-state index is 16.2. The van der Waals surface area contributed by atoms with E-state index in [9.17, 15) is 24.2 Å². The standard InChI is InChI=1S/C56H62Cl2F2N3O14P/c1-37(77-54(66)72-29-27-70-25-23-69-24-26-71-28-30-73-78(67,74-34-38-13-8-6-9-14-38)75-35-39-15-10-7-11-16-39)76-53(65)40-19-22-46(47(31-40)68-5)62-52(64)51-49(42-17-12-18-44(58)50(42)60)56(36-61,48(63-51)33-55(2,3)4)43-21-20-41(57)32-45(43)59/h6-22,31-32,37,48-49,51,63H,23-30,33-35H2,1-5H3,(H,62,64)/t37?,48-,49-,51+,56-/m0/s1. The highest BCUT2D eigenvalue weighted by Crippen LogP contribution is 2.53. The average molecular weight is 1140 g/mol. The monoisotopic (exact) mass is 1140 g/mol. The van der Waals surface area contributed by atoms with Crippen LogP contribution < -0.4 is 15.4 Å². The number of rotatable bonds is 28. The fourth-order valence-electron chi connectivity index (χ4n) is 8.60. The van der Waals surface area contributed by atoms with Gasteiger partial charge in [0.2, 0.25) is 12.2 Å². The number of halogens is 4. The number of carbonyl (C=O) groups is 3. The van der Waals surface area contributed by atoms with E-state index in [1.165, 1.54) is 62.6 Å². The van der Waals surface area contributed by atoms with Gasteiger partial charge in [-0.3, -0.25) is 18.4 Å². The van der Waals surface area contributed by atoms with Gasteiger partial charge in [0, 0.05) is 29.5 Å². The minimum Gasteiger partial charge on any atom is -0.495 e. The first-order valence-corrected chi connectivity index (χ1v) is 27.0. The number of methoxy groups -OCH3 is 1. The van der Waals surface area contributed by atoms with Gasteiger partial charge in [0.1, 0.15) is 29.4 Å². The molecule has 0 aliphatic carbocycles. The molecule has 5 atom stereocenters. The van der Waals surface area contributed by atoms with Crippen molar-refractivity contribution in [3.05, 3.63) is 165 Å². The molecule has 1 aliphatic heterocycles. The minimum atomic E-state index is -3.92. The molecule has 0 radical (unpaired) electrons. The summed E-state index contributed by atoms with van der Waals surface area (Å²) in [5.74, 6) is -4.67. The normalized spacial score (nSPS) is 17.7. The number of nitrogens with zero attached hydrogens (tertiary/aromatic N) is 1. The van der Waals surface area contributed by atoms with Crippen molar-refractivity contribution in [1.82, 2.24) is 5.32 Å². The summed E-state index contributed by atoms with van der Waals surface area (Å²) in [6.07, 6.45) is -2.27. The molecule has 17 nitrogen and oxygen atoms in total. The van der Waals surface area contributed by atoms with Gasteiger partial charge in [0.25, 0.3) is 0 Å². The molecule has 0 aromatic heterocycles. The van der Waals surface area contributed by atoms with Gasteiger partial charge in [0.05, 0.1) is 95.0 Å². The average Bonchev–Trinajstić information content (AvgIpc) is 3.80. The van der Waals surface area contributed by atoms with Gasteiger partial charge >= 0.3 is 19.9 Å². The Labute approximate surface area is 462 Å². The number of amides is 1. The maximum absolute atomic E-state index is 16.2. The highest BCUT2D eigenvalue weighted by Gasteiger charge is 2.61. The molecule has 1 heterocycles. The lowest BCUT2D eigenvalue weighted by Gasteiger charge is -2.37. The van der Waals surface area contributed by atoms with Crippen LogP contribution in [0.4, 0.5) is 19.3 Å². The summed E-state index contributed by atoms with van der Waals surface area (Å²) in [5.41, 5.74) is -0.859. The van der Waals surface area contributed by atoms with Crippen molar-refractivity contribution < 1.29 is 74.5 Å². The van der Waals surface area contributed by atoms with Gasteiger partial charge in [-0.15, -0.1) is 0 Å². The SMILES string of the molecule is COc1cc(C(=O)OC(C)OC(=O)OCCOCCOCCOCCOP(=O)(OCc2ccccc2)OCc2ccccc2)ccc1NC(=O)[C@@H]1N[C@@H](CC(C)(C)C)[C@](C#N)(c2ccc(Cl)cc2F)[C@H]1c1cccc(Cl)c1F. The molecule has 418 valence electrons. The predicted molar refractivity (Wildman–Crippen MR) is 285 cm³/mol. The van der Waals surface area contributed by atoms with E-state index in [1.807, 2.05) is 81.4 Å². The van der Waals surface area contributed by atoms with Crippen molar-refractivity contribution in [3.8, 4) is 11.8 Å². The highest BCUT2D eigenvalue weighted by atomic mass is 35.5. The van der Waals surface area contributed by atoms with Crippen LogP contribution in [0.25, 0.3) is 0 Å². The molecule has 1 fully saturated rings. The van der Waals surface area contributed by atoms with E-state index >= 15 is 8.78 Å². The van der Waals surface area contributed by atoms with Crippen LogP contribution in [0.3, 0.4) is 0 Å². The number of esters is 1. The molecule has 0 bridgehead atoms. The Morgan fingerprint density at radius 1 is 0.769 bits per heavy atom. The third-order valence-electron chi connectivity index (χ3n) is 12.1. The van der Waals surface area contributed by atoms with Crippen LogP contribution in [0.5, 0.6) is 5.75 Å². The first-order valence-electron chi connectivity index (χ1n) is 24.8. The van der Waals surface area contributed by atoms with Crippen LogP contribution in [0.2, 0.25) is 10.0 Å². The molecular formula is C56H62Cl2F2N3O14P. The smallest absolute Gasteiger partial charge is 0.495 e. The Balaban J connectivity index is 0.924. The van der Waals surface area contributed by atoms with Gasteiger partial charge in [-0.1, -0.05) is 123 Å². The van der Waals surface area contributed by atoms with Gasteiger partial charge in [-0.05, 0) is 64.9 Å². The highest BCUT2D eigenvalue weighted by molar-refractivity contribution is 7.48. The van der Waals surface area contributed by atoms with Crippen LogP contribution in [0.1, 0.15) is 72.6 Å². The lowest BCUT2D eigenvalue weighted by molar-refractivity contribution is -0.118. The van der Waals surface area contributed by atoms with Crippen LogP contribution >= 0.6 is 31.0 Å². The second-order valence-electron chi connectivity index (χ2n) is 18.9. The summed E-state index contributed by atoms with van der Waals surface area (Å²) in [7, 11) is -2.62. The van der Waals surface area contributed by atoms with Crippen LogP contribution in [0.15, 0.2) is 115 Å². The quantitative estimate of drug-likeness (QED) is 0.0207. The summed E-state index contributed by atoms with van der Waals surface area (Å²) in [5, 5.41) is 17.0. The zero-order valence-electron chi connectivity index (χ0n) is 43.7. The summed E-state index contributed by atoms with van der Waals surface area (Å²) >= 11 is 12.4. The predicted octanol–water partition coefficient (Wildman–Crippen LogP) is 11.5. The number of carbonyl (C=O) groups excluding carboxylic acids is 3. The Morgan fingerprint density at radius 3 is 1.95 bits per heavy atom.